The standard InChI is InChI=1S/C25H33N7O3S/c26-10-9-22(33)30-19-7-2-8-20(14-19)36-31-21(13-16-4-1-5-17(12-16)23(27)28)25(35)32-11-3-6-18(15-32)24(29)34/h1-2,4-5,7-8,12,14,18,21,31H,3,6,9-11,13,15,26H2,(H3,27,28)(H2,29,34)(H,30,33)/t18?,21-/m0/s1. The molecular weight excluding hydrogens is 478 g/mol. The normalized spacial score (nSPS) is 16.2. The van der Waals surface area contributed by atoms with Gasteiger partial charge in [-0.3, -0.25) is 19.8 Å². The first kappa shape index (κ1) is 27.2. The smallest absolute Gasteiger partial charge is 0.240 e. The topological polar surface area (TPSA) is 180 Å². The Morgan fingerprint density at radius 2 is 1.92 bits per heavy atom. The summed E-state index contributed by atoms with van der Waals surface area (Å²) in [4.78, 5) is 39.7. The molecule has 9 N–H and O–H groups in total. The summed E-state index contributed by atoms with van der Waals surface area (Å²) < 4.78 is 3.27. The molecule has 1 heterocycles. The lowest BCUT2D eigenvalue weighted by Crippen LogP contribution is -2.51. The third kappa shape index (κ3) is 7.80. The van der Waals surface area contributed by atoms with E-state index in [0.29, 0.717) is 43.6 Å². The van der Waals surface area contributed by atoms with Gasteiger partial charge in [-0.05, 0) is 61.0 Å². The van der Waals surface area contributed by atoms with Crippen molar-refractivity contribution >= 4 is 41.2 Å². The van der Waals surface area contributed by atoms with E-state index in [2.05, 4.69) is 10.0 Å². The molecule has 192 valence electrons. The maximum atomic E-state index is 13.6. The monoisotopic (exact) mass is 511 g/mol. The number of rotatable bonds is 11. The zero-order valence-electron chi connectivity index (χ0n) is 20.0. The molecule has 1 aliphatic heterocycles. The number of nitrogen functional groups attached to an aromatic ring is 1. The van der Waals surface area contributed by atoms with Crippen LogP contribution in [0, 0.1) is 11.3 Å². The minimum Gasteiger partial charge on any atom is -0.384 e. The Hall–Kier alpha value is -3.41. The average Bonchev–Trinajstić information content (AvgIpc) is 2.86. The van der Waals surface area contributed by atoms with Crippen molar-refractivity contribution in [2.75, 3.05) is 25.0 Å². The molecule has 0 saturated carbocycles. The van der Waals surface area contributed by atoms with E-state index >= 15 is 0 Å². The second-order valence-electron chi connectivity index (χ2n) is 8.73. The zero-order chi connectivity index (χ0) is 26.1. The minimum atomic E-state index is -0.612. The number of nitrogens with one attached hydrogen (secondary N) is 3. The molecule has 1 unspecified atom stereocenters. The number of benzene rings is 2. The highest BCUT2D eigenvalue weighted by Crippen LogP contribution is 2.23. The van der Waals surface area contributed by atoms with Crippen LogP contribution < -0.4 is 27.2 Å². The molecule has 2 aromatic rings. The molecule has 36 heavy (non-hydrogen) atoms. The van der Waals surface area contributed by atoms with Crippen molar-refractivity contribution in [3.8, 4) is 0 Å². The summed E-state index contributed by atoms with van der Waals surface area (Å²) in [5.74, 6) is -1.09. The molecule has 0 aromatic heterocycles. The molecule has 2 atom stereocenters. The van der Waals surface area contributed by atoms with Crippen molar-refractivity contribution < 1.29 is 14.4 Å². The highest BCUT2D eigenvalue weighted by molar-refractivity contribution is 7.97. The van der Waals surface area contributed by atoms with Crippen molar-refractivity contribution in [2.45, 2.75) is 36.6 Å². The first-order chi connectivity index (χ1) is 17.3. The lowest BCUT2D eigenvalue weighted by molar-refractivity contribution is -0.136. The van der Waals surface area contributed by atoms with Gasteiger partial charge in [0.05, 0.1) is 5.92 Å². The van der Waals surface area contributed by atoms with Gasteiger partial charge in [0.25, 0.3) is 0 Å². The van der Waals surface area contributed by atoms with Gasteiger partial charge in [-0.15, -0.1) is 0 Å². The number of anilines is 1. The first-order valence-electron chi connectivity index (χ1n) is 11.8. The number of hydrogen-bond donors (Lipinski definition) is 6. The number of nitrogens with two attached hydrogens (primary N) is 3. The van der Waals surface area contributed by atoms with Crippen molar-refractivity contribution in [3.05, 3.63) is 59.7 Å². The molecule has 0 spiro atoms. The molecule has 3 amide bonds. The summed E-state index contributed by atoms with van der Waals surface area (Å²) >= 11 is 1.28. The molecule has 1 aliphatic rings. The second kappa shape index (κ2) is 13.1. The lowest BCUT2D eigenvalue weighted by atomic mass is 9.96. The number of nitrogens with zero attached hydrogens (tertiary/aromatic N) is 1. The fourth-order valence-electron chi connectivity index (χ4n) is 4.04. The van der Waals surface area contributed by atoms with Crippen LogP contribution in [0.15, 0.2) is 53.4 Å². The minimum absolute atomic E-state index is 0.0455. The number of hydrogen-bond acceptors (Lipinski definition) is 7. The van der Waals surface area contributed by atoms with Crippen LogP contribution in [-0.4, -0.2) is 54.1 Å². The van der Waals surface area contributed by atoms with E-state index in [0.717, 1.165) is 10.5 Å². The van der Waals surface area contributed by atoms with Crippen LogP contribution in [0.25, 0.3) is 0 Å². The summed E-state index contributed by atoms with van der Waals surface area (Å²) in [6.07, 6.45) is 1.98. The van der Waals surface area contributed by atoms with Crippen LogP contribution in [-0.2, 0) is 20.8 Å². The summed E-state index contributed by atoms with van der Waals surface area (Å²) in [7, 11) is 0. The maximum Gasteiger partial charge on any atom is 0.240 e. The van der Waals surface area contributed by atoms with Crippen molar-refractivity contribution in [2.24, 2.45) is 23.1 Å². The molecular formula is C25H33N7O3S. The largest absolute Gasteiger partial charge is 0.384 e. The molecule has 0 bridgehead atoms. The molecule has 10 nitrogen and oxygen atoms in total. The molecule has 3 rings (SSSR count). The van der Waals surface area contributed by atoms with E-state index in [4.69, 9.17) is 22.6 Å². The SMILES string of the molecule is N=C(N)c1cccc(C[C@H](NSc2cccc(NC(=O)CCN)c2)C(=O)N2CCCC(C(N)=O)C2)c1. The molecule has 0 aliphatic carbocycles. The fraction of sp³-hybridized carbons (Fsp3) is 0.360. The van der Waals surface area contributed by atoms with E-state index in [-0.39, 0.29) is 36.5 Å². The van der Waals surface area contributed by atoms with Gasteiger partial charge in [0.1, 0.15) is 11.9 Å². The number of carbonyl (C=O) groups is 3. The van der Waals surface area contributed by atoms with Crippen molar-refractivity contribution in [3.63, 3.8) is 0 Å². The van der Waals surface area contributed by atoms with E-state index in [1.54, 1.807) is 29.2 Å². The Labute approximate surface area is 215 Å². The predicted molar refractivity (Wildman–Crippen MR) is 141 cm³/mol. The fourth-order valence-corrected chi connectivity index (χ4v) is 4.84. The van der Waals surface area contributed by atoms with Crippen LogP contribution in [0.5, 0.6) is 0 Å². The quantitative estimate of drug-likeness (QED) is 0.149. The molecule has 11 heteroatoms. The van der Waals surface area contributed by atoms with Gasteiger partial charge < -0.3 is 27.4 Å². The van der Waals surface area contributed by atoms with Crippen LogP contribution >= 0.6 is 11.9 Å². The Bertz CT molecular complexity index is 1110. The van der Waals surface area contributed by atoms with Crippen LogP contribution in [0.4, 0.5) is 5.69 Å². The van der Waals surface area contributed by atoms with Gasteiger partial charge in [0.15, 0.2) is 0 Å². The number of piperidine rings is 1. The van der Waals surface area contributed by atoms with E-state index in [1.165, 1.54) is 11.9 Å². The van der Waals surface area contributed by atoms with Gasteiger partial charge in [-0.1, -0.05) is 24.3 Å². The van der Waals surface area contributed by atoms with Gasteiger partial charge in [-0.2, -0.15) is 0 Å². The summed E-state index contributed by atoms with van der Waals surface area (Å²) in [6.45, 7) is 1.12. The van der Waals surface area contributed by atoms with E-state index in [1.807, 2.05) is 24.3 Å². The van der Waals surface area contributed by atoms with Crippen molar-refractivity contribution in [1.29, 1.82) is 5.41 Å². The Balaban J connectivity index is 1.77. The average molecular weight is 512 g/mol. The summed E-state index contributed by atoms with van der Waals surface area (Å²) in [5.41, 5.74) is 18.7. The van der Waals surface area contributed by atoms with Gasteiger partial charge in [0.2, 0.25) is 17.7 Å². The van der Waals surface area contributed by atoms with Gasteiger partial charge >= 0.3 is 0 Å². The van der Waals surface area contributed by atoms with Crippen LogP contribution in [0.3, 0.4) is 0 Å². The summed E-state index contributed by atoms with van der Waals surface area (Å²) in [5, 5.41) is 10.5. The highest BCUT2D eigenvalue weighted by Gasteiger charge is 2.31. The Morgan fingerprint density at radius 3 is 2.64 bits per heavy atom. The number of carbonyl (C=O) groups excluding carboxylic acids is 3. The summed E-state index contributed by atoms with van der Waals surface area (Å²) in [6, 6.07) is 13.9. The Kier molecular flexibility index (Phi) is 9.86. The predicted octanol–water partition coefficient (Wildman–Crippen LogP) is 1.19. The first-order valence-corrected chi connectivity index (χ1v) is 12.6. The van der Waals surface area contributed by atoms with Gasteiger partial charge in [-0.25, -0.2) is 4.72 Å². The second-order valence-corrected chi connectivity index (χ2v) is 9.64. The van der Waals surface area contributed by atoms with Gasteiger partial charge in [0, 0.05) is 42.2 Å². The molecule has 1 saturated heterocycles. The van der Waals surface area contributed by atoms with E-state index < -0.39 is 11.9 Å². The molecule has 0 radical (unpaired) electrons. The maximum absolute atomic E-state index is 13.6. The Morgan fingerprint density at radius 1 is 1.14 bits per heavy atom. The number of primary amides is 1. The number of amides is 3. The molecule has 1 fully saturated rings. The lowest BCUT2D eigenvalue weighted by Gasteiger charge is -2.34. The highest BCUT2D eigenvalue weighted by atomic mass is 32.2. The van der Waals surface area contributed by atoms with Crippen molar-refractivity contribution in [1.82, 2.24) is 9.62 Å². The zero-order valence-corrected chi connectivity index (χ0v) is 20.9. The third-order valence-electron chi connectivity index (χ3n) is 5.92. The third-order valence-corrected chi connectivity index (χ3v) is 6.81. The number of likely N-dealkylation sites (tertiary alicyclic amines) is 1. The number of amidine groups is 1. The van der Waals surface area contributed by atoms with Crippen LogP contribution in [0.1, 0.15) is 30.4 Å². The molecule has 2 aromatic carbocycles. The van der Waals surface area contributed by atoms with E-state index in [9.17, 15) is 14.4 Å². The van der Waals surface area contributed by atoms with Crippen LogP contribution in [0.2, 0.25) is 0 Å².